The van der Waals surface area contributed by atoms with Gasteiger partial charge in [-0.05, 0) is 24.8 Å². The van der Waals surface area contributed by atoms with Gasteiger partial charge in [-0.2, -0.15) is 0 Å². The highest BCUT2D eigenvalue weighted by Gasteiger charge is 2.24. The molecule has 1 aliphatic carbocycles. The van der Waals surface area contributed by atoms with Gasteiger partial charge in [0.15, 0.2) is 0 Å². The predicted molar refractivity (Wildman–Crippen MR) is 101 cm³/mol. The highest BCUT2D eigenvalue weighted by molar-refractivity contribution is 5.94. The van der Waals surface area contributed by atoms with Gasteiger partial charge in [0.25, 0.3) is 5.91 Å². The Kier molecular flexibility index (Phi) is 5.35. The Hall–Kier alpha value is -2.45. The fourth-order valence-corrected chi connectivity index (χ4v) is 3.25. The van der Waals surface area contributed by atoms with Crippen molar-refractivity contribution in [2.24, 2.45) is 5.92 Å². The number of aromatic nitrogens is 3. The lowest BCUT2D eigenvalue weighted by molar-refractivity contribution is 0.0935. The Morgan fingerprint density at radius 1 is 1.22 bits per heavy atom. The van der Waals surface area contributed by atoms with Gasteiger partial charge in [0.05, 0.1) is 19.8 Å². The molecule has 27 heavy (non-hydrogen) atoms. The van der Waals surface area contributed by atoms with Gasteiger partial charge in [-0.3, -0.25) is 4.79 Å². The van der Waals surface area contributed by atoms with Gasteiger partial charge >= 0.3 is 0 Å². The third kappa shape index (κ3) is 4.28. The summed E-state index contributed by atoms with van der Waals surface area (Å²) < 4.78 is 7.37. The number of amides is 1. The van der Waals surface area contributed by atoms with Crippen molar-refractivity contribution in [3.8, 4) is 11.1 Å². The van der Waals surface area contributed by atoms with Crippen LogP contribution in [-0.2, 0) is 11.3 Å². The SMILES string of the molecule is O=C(NCCO)c1cc(-c2cnc(N3CCOCC3)nc2)cn1CC1CC1. The fourth-order valence-electron chi connectivity index (χ4n) is 3.25. The molecule has 0 atom stereocenters. The fraction of sp³-hybridized carbons (Fsp3) is 0.526. The van der Waals surface area contributed by atoms with Crippen molar-refractivity contribution >= 4 is 11.9 Å². The number of hydrogen-bond acceptors (Lipinski definition) is 6. The van der Waals surface area contributed by atoms with Crippen LogP contribution in [0.15, 0.2) is 24.7 Å². The maximum absolute atomic E-state index is 12.4. The summed E-state index contributed by atoms with van der Waals surface area (Å²) in [5, 5.41) is 11.7. The molecular formula is C19H25N5O3. The molecule has 2 N–H and O–H groups in total. The Morgan fingerprint density at radius 3 is 2.63 bits per heavy atom. The van der Waals surface area contributed by atoms with Crippen molar-refractivity contribution in [3.05, 3.63) is 30.4 Å². The molecule has 4 rings (SSSR count). The Balaban J connectivity index is 1.55. The standard InChI is InChI=1S/C19H25N5O3/c25-6-3-20-18(26)17-9-15(13-24(17)12-14-1-2-14)16-10-21-19(22-11-16)23-4-7-27-8-5-23/h9-11,13-14,25H,1-8,12H2,(H,20,26). The zero-order chi connectivity index (χ0) is 18.6. The van der Waals surface area contributed by atoms with E-state index in [1.165, 1.54) is 12.8 Å². The number of carbonyl (C=O) groups is 1. The minimum Gasteiger partial charge on any atom is -0.395 e. The zero-order valence-corrected chi connectivity index (χ0v) is 15.3. The molecule has 0 aromatic carbocycles. The lowest BCUT2D eigenvalue weighted by atomic mass is 10.2. The number of hydrogen-bond donors (Lipinski definition) is 2. The van der Waals surface area contributed by atoms with E-state index in [0.29, 0.717) is 30.8 Å². The highest BCUT2D eigenvalue weighted by Crippen LogP contribution is 2.32. The normalized spacial score (nSPS) is 17.1. The van der Waals surface area contributed by atoms with Crippen LogP contribution >= 0.6 is 0 Å². The molecule has 2 aliphatic rings. The molecule has 1 saturated heterocycles. The molecule has 1 aliphatic heterocycles. The van der Waals surface area contributed by atoms with Crippen LogP contribution in [0.5, 0.6) is 0 Å². The largest absolute Gasteiger partial charge is 0.395 e. The van der Waals surface area contributed by atoms with Crippen LogP contribution in [0.4, 0.5) is 5.95 Å². The average Bonchev–Trinajstić information content (AvgIpc) is 3.43. The van der Waals surface area contributed by atoms with Crippen LogP contribution in [0.25, 0.3) is 11.1 Å². The average molecular weight is 371 g/mol. The topological polar surface area (TPSA) is 92.5 Å². The van der Waals surface area contributed by atoms with Crippen LogP contribution < -0.4 is 10.2 Å². The van der Waals surface area contributed by atoms with E-state index in [9.17, 15) is 4.79 Å². The van der Waals surface area contributed by atoms with E-state index in [1.54, 1.807) is 0 Å². The third-order valence-electron chi connectivity index (χ3n) is 4.94. The van der Waals surface area contributed by atoms with Crippen molar-refractivity contribution in [2.45, 2.75) is 19.4 Å². The molecule has 144 valence electrons. The number of anilines is 1. The molecule has 3 heterocycles. The van der Waals surface area contributed by atoms with Gasteiger partial charge in [0.2, 0.25) is 5.95 Å². The zero-order valence-electron chi connectivity index (χ0n) is 15.3. The maximum atomic E-state index is 12.4. The Labute approximate surface area is 158 Å². The number of ether oxygens (including phenoxy) is 1. The van der Waals surface area contributed by atoms with Crippen LogP contribution in [-0.4, -0.2) is 65.0 Å². The third-order valence-corrected chi connectivity index (χ3v) is 4.94. The first kappa shape index (κ1) is 17.9. The second-order valence-corrected chi connectivity index (χ2v) is 7.06. The van der Waals surface area contributed by atoms with E-state index >= 15 is 0 Å². The van der Waals surface area contributed by atoms with Gasteiger partial charge in [0, 0.05) is 55.9 Å². The maximum Gasteiger partial charge on any atom is 0.268 e. The minimum absolute atomic E-state index is 0.0707. The summed E-state index contributed by atoms with van der Waals surface area (Å²) in [6.45, 7) is 4.01. The number of rotatable bonds is 7. The smallest absolute Gasteiger partial charge is 0.268 e. The van der Waals surface area contributed by atoms with Crippen LogP contribution in [0.2, 0.25) is 0 Å². The summed E-state index contributed by atoms with van der Waals surface area (Å²) >= 11 is 0. The van der Waals surface area contributed by atoms with Gasteiger partial charge in [-0.25, -0.2) is 9.97 Å². The summed E-state index contributed by atoms with van der Waals surface area (Å²) in [4.78, 5) is 23.6. The molecule has 8 heteroatoms. The van der Waals surface area contributed by atoms with E-state index in [4.69, 9.17) is 9.84 Å². The van der Waals surface area contributed by atoms with Crippen molar-refractivity contribution < 1.29 is 14.6 Å². The number of nitrogens with one attached hydrogen (secondary N) is 1. The molecule has 2 aromatic heterocycles. The van der Waals surface area contributed by atoms with E-state index in [1.807, 2.05) is 29.2 Å². The number of carbonyl (C=O) groups excluding carboxylic acids is 1. The van der Waals surface area contributed by atoms with Crippen LogP contribution in [0.1, 0.15) is 23.3 Å². The first-order chi connectivity index (χ1) is 13.2. The van der Waals surface area contributed by atoms with Gasteiger partial charge in [0.1, 0.15) is 5.69 Å². The molecule has 1 amide bonds. The van der Waals surface area contributed by atoms with Crippen LogP contribution in [0, 0.1) is 5.92 Å². The Bertz CT molecular complexity index is 779. The second kappa shape index (κ2) is 8.06. The summed E-state index contributed by atoms with van der Waals surface area (Å²) in [7, 11) is 0. The molecule has 0 spiro atoms. The van der Waals surface area contributed by atoms with E-state index in [0.717, 1.165) is 30.8 Å². The number of aliphatic hydroxyl groups excluding tert-OH is 1. The quantitative estimate of drug-likeness (QED) is 0.752. The summed E-state index contributed by atoms with van der Waals surface area (Å²) in [6.07, 6.45) is 8.04. The van der Waals surface area contributed by atoms with Crippen molar-refractivity contribution in [1.82, 2.24) is 19.9 Å². The van der Waals surface area contributed by atoms with Gasteiger partial charge < -0.3 is 24.6 Å². The molecular weight excluding hydrogens is 346 g/mol. The number of nitrogens with zero attached hydrogens (tertiary/aromatic N) is 4. The van der Waals surface area contributed by atoms with E-state index < -0.39 is 0 Å². The predicted octanol–water partition coefficient (Wildman–Crippen LogP) is 0.914. The van der Waals surface area contributed by atoms with Gasteiger partial charge in [-0.15, -0.1) is 0 Å². The minimum atomic E-state index is -0.165. The van der Waals surface area contributed by atoms with Crippen LogP contribution in [0.3, 0.4) is 0 Å². The van der Waals surface area contributed by atoms with Crippen molar-refractivity contribution in [1.29, 1.82) is 0 Å². The monoisotopic (exact) mass is 371 g/mol. The summed E-state index contributed by atoms with van der Waals surface area (Å²) in [5.74, 6) is 1.19. The molecule has 8 nitrogen and oxygen atoms in total. The van der Waals surface area contributed by atoms with E-state index in [2.05, 4.69) is 20.2 Å². The summed E-state index contributed by atoms with van der Waals surface area (Å²) in [6, 6.07) is 1.88. The van der Waals surface area contributed by atoms with E-state index in [-0.39, 0.29) is 19.1 Å². The molecule has 0 bridgehead atoms. The molecule has 2 fully saturated rings. The second-order valence-electron chi connectivity index (χ2n) is 7.06. The first-order valence-electron chi connectivity index (χ1n) is 9.49. The molecule has 0 radical (unpaired) electrons. The van der Waals surface area contributed by atoms with Crippen molar-refractivity contribution in [3.63, 3.8) is 0 Å². The molecule has 1 saturated carbocycles. The molecule has 2 aromatic rings. The lowest BCUT2D eigenvalue weighted by Crippen LogP contribution is -2.37. The Morgan fingerprint density at radius 2 is 1.96 bits per heavy atom. The first-order valence-corrected chi connectivity index (χ1v) is 9.49. The summed E-state index contributed by atoms with van der Waals surface area (Å²) in [5.41, 5.74) is 2.43. The van der Waals surface area contributed by atoms with Crippen molar-refractivity contribution in [2.75, 3.05) is 44.4 Å². The number of morpholine rings is 1. The lowest BCUT2D eigenvalue weighted by Gasteiger charge is -2.26. The molecule has 0 unspecified atom stereocenters. The van der Waals surface area contributed by atoms with Gasteiger partial charge in [-0.1, -0.05) is 0 Å². The highest BCUT2D eigenvalue weighted by atomic mass is 16.5. The number of aliphatic hydroxyl groups is 1.